The van der Waals surface area contributed by atoms with Gasteiger partial charge in [-0.15, -0.1) is 0 Å². The average Bonchev–Trinajstić information content (AvgIpc) is 2.42. The summed E-state index contributed by atoms with van der Waals surface area (Å²) in [6, 6.07) is 4.45. The first-order valence-electron chi connectivity index (χ1n) is 6.24. The molecule has 0 aliphatic heterocycles. The predicted octanol–water partition coefficient (Wildman–Crippen LogP) is 2.52. The molecule has 1 aromatic carbocycles. The van der Waals surface area contributed by atoms with Gasteiger partial charge in [0.05, 0.1) is 18.0 Å². The number of hydrogen-bond donors (Lipinski definition) is 2. The third-order valence-corrected chi connectivity index (χ3v) is 2.95. The fourth-order valence-electron chi connectivity index (χ4n) is 1.70. The highest BCUT2D eigenvalue weighted by molar-refractivity contribution is 5.69. The lowest BCUT2D eigenvalue weighted by atomic mass is 10.1. The molecule has 110 valence electrons. The molecule has 0 amide bonds. The van der Waals surface area contributed by atoms with Crippen molar-refractivity contribution in [3.8, 4) is 5.75 Å². The van der Waals surface area contributed by atoms with E-state index in [-0.39, 0.29) is 5.69 Å². The first-order chi connectivity index (χ1) is 9.45. The molecule has 1 rings (SSSR count). The van der Waals surface area contributed by atoms with Crippen LogP contribution < -0.4 is 10.1 Å². The topological polar surface area (TPSA) is 102 Å². The van der Waals surface area contributed by atoms with Crippen LogP contribution in [-0.4, -0.2) is 29.7 Å². The zero-order valence-corrected chi connectivity index (χ0v) is 11.5. The Kier molecular flexibility index (Phi) is 5.76. The van der Waals surface area contributed by atoms with Gasteiger partial charge in [0.2, 0.25) is 0 Å². The van der Waals surface area contributed by atoms with Gasteiger partial charge in [-0.2, -0.15) is 0 Å². The monoisotopic (exact) mass is 282 g/mol. The molecular formula is C13H18N2O5. The second-order valence-electron chi connectivity index (χ2n) is 4.45. The van der Waals surface area contributed by atoms with Gasteiger partial charge in [-0.25, -0.2) is 0 Å². The van der Waals surface area contributed by atoms with Gasteiger partial charge in [0.25, 0.3) is 5.69 Å². The van der Waals surface area contributed by atoms with E-state index in [1.807, 2.05) is 0 Å². The van der Waals surface area contributed by atoms with Gasteiger partial charge in [-0.05, 0) is 18.9 Å². The van der Waals surface area contributed by atoms with E-state index in [0.717, 1.165) is 0 Å². The molecule has 0 saturated heterocycles. The molecule has 20 heavy (non-hydrogen) atoms. The minimum Gasteiger partial charge on any atom is -0.497 e. The Morgan fingerprint density at radius 2 is 2.25 bits per heavy atom. The number of ether oxygens (including phenoxy) is 1. The van der Waals surface area contributed by atoms with E-state index in [4.69, 9.17) is 9.84 Å². The van der Waals surface area contributed by atoms with E-state index in [1.165, 1.54) is 19.2 Å². The summed E-state index contributed by atoms with van der Waals surface area (Å²) in [6.07, 6.45) is 1.13. The molecule has 0 fully saturated rings. The predicted molar refractivity (Wildman–Crippen MR) is 74.2 cm³/mol. The number of carboxylic acid groups (broad SMARTS) is 1. The van der Waals surface area contributed by atoms with Gasteiger partial charge >= 0.3 is 5.97 Å². The van der Waals surface area contributed by atoms with Gasteiger partial charge in [-0.1, -0.05) is 6.92 Å². The second kappa shape index (κ2) is 7.32. The maximum absolute atomic E-state index is 10.9. The lowest BCUT2D eigenvalue weighted by Gasteiger charge is -2.10. The summed E-state index contributed by atoms with van der Waals surface area (Å²) in [5.41, 5.74) is 0.342. The first kappa shape index (κ1) is 15.7. The molecule has 0 aliphatic carbocycles. The summed E-state index contributed by atoms with van der Waals surface area (Å²) in [5.74, 6) is -0.730. The third kappa shape index (κ3) is 4.42. The molecule has 7 heteroatoms. The summed E-state index contributed by atoms with van der Waals surface area (Å²) in [7, 11) is 1.49. The summed E-state index contributed by atoms with van der Waals surface area (Å²) >= 11 is 0. The van der Waals surface area contributed by atoms with Crippen molar-refractivity contribution in [2.24, 2.45) is 5.92 Å². The zero-order chi connectivity index (χ0) is 15.1. The van der Waals surface area contributed by atoms with Crippen molar-refractivity contribution >= 4 is 17.3 Å². The van der Waals surface area contributed by atoms with E-state index in [2.05, 4.69) is 5.32 Å². The van der Waals surface area contributed by atoms with Crippen LogP contribution in [0.5, 0.6) is 5.75 Å². The number of carbonyl (C=O) groups is 1. The Bertz CT molecular complexity index is 490. The van der Waals surface area contributed by atoms with Gasteiger partial charge in [0.15, 0.2) is 0 Å². The maximum atomic E-state index is 10.9. The second-order valence-corrected chi connectivity index (χ2v) is 4.45. The number of nitro groups is 1. The summed E-state index contributed by atoms with van der Waals surface area (Å²) in [4.78, 5) is 21.1. The van der Waals surface area contributed by atoms with Crippen molar-refractivity contribution in [3.63, 3.8) is 0 Å². The number of benzene rings is 1. The zero-order valence-electron chi connectivity index (χ0n) is 11.5. The molecule has 1 aromatic rings. The van der Waals surface area contributed by atoms with Crippen LogP contribution in [0.15, 0.2) is 18.2 Å². The number of rotatable bonds is 8. The highest BCUT2D eigenvalue weighted by Gasteiger charge is 2.15. The van der Waals surface area contributed by atoms with Crippen molar-refractivity contribution in [2.45, 2.75) is 19.8 Å². The molecule has 0 spiro atoms. The van der Waals surface area contributed by atoms with Gasteiger partial charge in [-0.3, -0.25) is 14.9 Å². The van der Waals surface area contributed by atoms with E-state index in [1.54, 1.807) is 13.0 Å². The molecule has 7 nitrogen and oxygen atoms in total. The molecule has 0 aliphatic rings. The highest BCUT2D eigenvalue weighted by Crippen LogP contribution is 2.28. The number of hydrogen-bond acceptors (Lipinski definition) is 5. The molecule has 1 atom stereocenters. The fourth-order valence-corrected chi connectivity index (χ4v) is 1.70. The standard InChI is InChI=1S/C13H18N2O5/c1-9(13(16)17)4-3-7-14-11-8-10(20-2)5-6-12(11)15(18)19/h5-6,8-9,14H,3-4,7H2,1-2H3,(H,16,17). The molecule has 0 radical (unpaired) electrons. The summed E-state index contributed by atoms with van der Waals surface area (Å²) < 4.78 is 5.03. The number of carboxylic acids is 1. The van der Waals surface area contributed by atoms with Crippen molar-refractivity contribution in [3.05, 3.63) is 28.3 Å². The number of anilines is 1. The van der Waals surface area contributed by atoms with Crippen LogP contribution in [0.3, 0.4) is 0 Å². The van der Waals surface area contributed by atoms with Crippen molar-refractivity contribution in [2.75, 3.05) is 19.0 Å². The molecule has 0 aromatic heterocycles. The number of nitro benzene ring substituents is 1. The smallest absolute Gasteiger partial charge is 0.306 e. The largest absolute Gasteiger partial charge is 0.497 e. The van der Waals surface area contributed by atoms with Crippen molar-refractivity contribution in [1.29, 1.82) is 0 Å². The molecule has 0 bridgehead atoms. The SMILES string of the molecule is COc1ccc([N+](=O)[O-])c(NCCCC(C)C(=O)O)c1. The molecule has 2 N–H and O–H groups in total. The maximum Gasteiger partial charge on any atom is 0.306 e. The van der Waals surface area contributed by atoms with Crippen LogP contribution in [0.1, 0.15) is 19.8 Å². The van der Waals surface area contributed by atoms with Gasteiger partial charge < -0.3 is 15.2 Å². The van der Waals surface area contributed by atoms with Crippen LogP contribution in [0, 0.1) is 16.0 Å². The minimum atomic E-state index is -0.836. The lowest BCUT2D eigenvalue weighted by Crippen LogP contribution is -2.12. The number of nitrogens with one attached hydrogen (secondary N) is 1. The fraction of sp³-hybridized carbons (Fsp3) is 0.462. The minimum absolute atomic E-state index is 0.0305. The first-order valence-corrected chi connectivity index (χ1v) is 6.24. The van der Waals surface area contributed by atoms with Crippen LogP contribution in [-0.2, 0) is 4.79 Å². The molecule has 1 unspecified atom stereocenters. The number of nitrogens with zero attached hydrogens (tertiary/aromatic N) is 1. The molecule has 0 saturated carbocycles. The van der Waals surface area contributed by atoms with E-state index < -0.39 is 16.8 Å². The Morgan fingerprint density at radius 1 is 1.55 bits per heavy atom. The van der Waals surface area contributed by atoms with Gasteiger partial charge in [0, 0.05) is 18.7 Å². The number of aliphatic carboxylic acids is 1. The Balaban J connectivity index is 2.62. The van der Waals surface area contributed by atoms with E-state index in [9.17, 15) is 14.9 Å². The molecular weight excluding hydrogens is 264 g/mol. The average molecular weight is 282 g/mol. The summed E-state index contributed by atoms with van der Waals surface area (Å²) in [5, 5.41) is 22.6. The lowest BCUT2D eigenvalue weighted by molar-refractivity contribution is -0.384. The highest BCUT2D eigenvalue weighted by atomic mass is 16.6. The van der Waals surface area contributed by atoms with Crippen molar-refractivity contribution in [1.82, 2.24) is 0 Å². The van der Waals surface area contributed by atoms with Crippen LogP contribution in [0.2, 0.25) is 0 Å². The third-order valence-electron chi connectivity index (χ3n) is 2.95. The quantitative estimate of drug-likeness (QED) is 0.431. The van der Waals surface area contributed by atoms with Gasteiger partial charge in [0.1, 0.15) is 11.4 Å². The Morgan fingerprint density at radius 3 is 2.80 bits per heavy atom. The van der Waals surface area contributed by atoms with E-state index in [0.29, 0.717) is 30.8 Å². The summed E-state index contributed by atoms with van der Waals surface area (Å²) in [6.45, 7) is 2.10. The molecule has 0 heterocycles. The van der Waals surface area contributed by atoms with Crippen LogP contribution in [0.4, 0.5) is 11.4 Å². The Labute approximate surface area is 116 Å². The van der Waals surface area contributed by atoms with Crippen molar-refractivity contribution < 1.29 is 19.6 Å². The normalized spacial score (nSPS) is 11.7. The van der Waals surface area contributed by atoms with Crippen LogP contribution >= 0.6 is 0 Å². The number of methoxy groups -OCH3 is 1. The van der Waals surface area contributed by atoms with E-state index >= 15 is 0 Å². The van der Waals surface area contributed by atoms with Crippen LogP contribution in [0.25, 0.3) is 0 Å². The Hall–Kier alpha value is -2.31.